The quantitative estimate of drug-likeness (QED) is 0.312. The van der Waals surface area contributed by atoms with E-state index in [1.807, 2.05) is 12.1 Å². The number of nitrogens with one attached hydrogen (secondary N) is 2. The number of methoxy groups -OCH3 is 1. The lowest BCUT2D eigenvalue weighted by atomic mass is 10.0. The number of halogens is 1. The number of anilines is 1. The maximum absolute atomic E-state index is 5.57. The predicted octanol–water partition coefficient (Wildman–Crippen LogP) is 2.95. The van der Waals surface area contributed by atoms with E-state index in [1.54, 1.807) is 7.11 Å². The number of hydrogen-bond acceptors (Lipinski definition) is 5. The molecule has 2 N–H and O–H groups in total. The van der Waals surface area contributed by atoms with Crippen LogP contribution >= 0.6 is 24.0 Å². The van der Waals surface area contributed by atoms with Gasteiger partial charge in [0.25, 0.3) is 0 Å². The van der Waals surface area contributed by atoms with Gasteiger partial charge in [-0.05, 0) is 45.7 Å². The number of hydrogen-bond donors (Lipinski definition) is 2. The monoisotopic (exact) mass is 545 g/mol. The van der Waals surface area contributed by atoms with Gasteiger partial charge in [0.2, 0.25) is 0 Å². The normalized spacial score (nSPS) is 23.6. The van der Waals surface area contributed by atoms with Crippen LogP contribution < -0.4 is 20.3 Å². The van der Waals surface area contributed by atoms with Crippen LogP contribution in [-0.4, -0.2) is 82.0 Å². The maximum atomic E-state index is 5.57. The Balaban J connectivity index is 0.00000341. The van der Waals surface area contributed by atoms with Crippen LogP contribution in [0.3, 0.4) is 0 Å². The number of ether oxygens (including phenoxy) is 2. The van der Waals surface area contributed by atoms with E-state index in [4.69, 9.17) is 14.5 Å². The molecule has 2 aliphatic rings. The molecule has 8 heteroatoms. The number of rotatable bonds is 7. The molecule has 1 aromatic carbocycles. The minimum absolute atomic E-state index is 0. The molecule has 0 bridgehead atoms. The maximum Gasteiger partial charge on any atom is 0.191 e. The molecule has 0 spiro atoms. The van der Waals surface area contributed by atoms with Crippen LogP contribution in [-0.2, 0) is 4.74 Å². The second kappa shape index (κ2) is 13.3. The average molecular weight is 546 g/mol. The van der Waals surface area contributed by atoms with Crippen LogP contribution in [0, 0.1) is 0 Å². The van der Waals surface area contributed by atoms with Gasteiger partial charge in [-0.15, -0.1) is 24.0 Å². The summed E-state index contributed by atoms with van der Waals surface area (Å²) in [4.78, 5) is 9.84. The van der Waals surface area contributed by atoms with Gasteiger partial charge in [-0.1, -0.05) is 12.1 Å². The zero-order valence-corrected chi connectivity index (χ0v) is 21.8. The Bertz CT molecular complexity index is 690. The van der Waals surface area contributed by atoms with Crippen molar-refractivity contribution in [1.29, 1.82) is 0 Å². The smallest absolute Gasteiger partial charge is 0.191 e. The third-order valence-electron chi connectivity index (χ3n) is 6.03. The van der Waals surface area contributed by atoms with Crippen molar-refractivity contribution in [2.45, 2.75) is 51.7 Å². The first-order valence-corrected chi connectivity index (χ1v) is 11.4. The fourth-order valence-electron chi connectivity index (χ4n) is 4.44. The molecule has 0 saturated carbocycles. The van der Waals surface area contributed by atoms with E-state index in [-0.39, 0.29) is 24.0 Å². The highest BCUT2D eigenvalue weighted by Gasteiger charge is 2.25. The first-order valence-electron chi connectivity index (χ1n) is 11.4. The van der Waals surface area contributed by atoms with Gasteiger partial charge in [0.15, 0.2) is 5.96 Å². The topological polar surface area (TPSA) is 61.4 Å². The molecule has 2 saturated heterocycles. The summed E-state index contributed by atoms with van der Waals surface area (Å²) in [5.41, 5.74) is 1.17. The fraction of sp³-hybridized carbons (Fsp3) is 0.696. The van der Waals surface area contributed by atoms with Crippen molar-refractivity contribution in [3.05, 3.63) is 24.3 Å². The molecule has 0 amide bonds. The fourth-order valence-corrected chi connectivity index (χ4v) is 4.44. The summed E-state index contributed by atoms with van der Waals surface area (Å²) in [6, 6.07) is 9.49. The van der Waals surface area contributed by atoms with Crippen LogP contribution in [0.15, 0.2) is 29.3 Å². The van der Waals surface area contributed by atoms with Crippen LogP contribution in [0.4, 0.5) is 5.69 Å². The van der Waals surface area contributed by atoms with Gasteiger partial charge in [-0.3, -0.25) is 9.89 Å². The number of nitrogens with zero attached hydrogens (tertiary/aromatic N) is 3. The summed E-state index contributed by atoms with van der Waals surface area (Å²) >= 11 is 0. The lowest BCUT2D eigenvalue weighted by molar-refractivity contribution is -0.0165. The van der Waals surface area contributed by atoms with Gasteiger partial charge in [-0.2, -0.15) is 0 Å². The highest BCUT2D eigenvalue weighted by molar-refractivity contribution is 14.0. The Hall–Kier alpha value is -1.26. The molecular weight excluding hydrogens is 505 g/mol. The van der Waals surface area contributed by atoms with E-state index in [0.717, 1.165) is 70.5 Å². The molecule has 176 valence electrons. The molecule has 3 atom stereocenters. The molecule has 31 heavy (non-hydrogen) atoms. The number of aliphatic imine (C=N–C) groups is 1. The van der Waals surface area contributed by atoms with E-state index in [1.165, 1.54) is 5.69 Å². The molecule has 2 heterocycles. The average Bonchev–Trinajstić information content (AvgIpc) is 2.78. The number of para-hydroxylation sites is 2. The summed E-state index contributed by atoms with van der Waals surface area (Å²) in [7, 11) is 1.74. The Morgan fingerprint density at radius 2 is 2.13 bits per heavy atom. The Labute approximate surface area is 205 Å². The zero-order valence-electron chi connectivity index (χ0n) is 19.5. The molecule has 7 nitrogen and oxygen atoms in total. The van der Waals surface area contributed by atoms with E-state index in [2.05, 4.69) is 53.3 Å². The molecule has 0 aromatic heterocycles. The second-order valence-electron chi connectivity index (χ2n) is 8.33. The molecular formula is C23H40IN5O2. The van der Waals surface area contributed by atoms with Crippen LogP contribution in [0.1, 0.15) is 33.6 Å². The van der Waals surface area contributed by atoms with E-state index >= 15 is 0 Å². The summed E-state index contributed by atoms with van der Waals surface area (Å²) < 4.78 is 11.1. The van der Waals surface area contributed by atoms with Gasteiger partial charge in [0, 0.05) is 44.3 Å². The van der Waals surface area contributed by atoms with Gasteiger partial charge in [0.05, 0.1) is 32.6 Å². The summed E-state index contributed by atoms with van der Waals surface area (Å²) in [6.07, 6.45) is 2.29. The van der Waals surface area contributed by atoms with Crippen molar-refractivity contribution in [1.82, 2.24) is 15.5 Å². The van der Waals surface area contributed by atoms with Crippen molar-refractivity contribution in [3.63, 3.8) is 0 Å². The molecule has 2 fully saturated rings. The number of benzene rings is 1. The van der Waals surface area contributed by atoms with Crippen molar-refractivity contribution in [2.75, 3.05) is 57.9 Å². The van der Waals surface area contributed by atoms with Crippen molar-refractivity contribution in [2.24, 2.45) is 4.99 Å². The van der Waals surface area contributed by atoms with Crippen LogP contribution in [0.2, 0.25) is 0 Å². The minimum atomic E-state index is 0. The van der Waals surface area contributed by atoms with E-state index < -0.39 is 0 Å². The highest BCUT2D eigenvalue weighted by Crippen LogP contribution is 2.29. The SMILES string of the molecule is CCNC(=NCC(C)N1CCOCC1C)NC1CCCN(c2ccccc2OC)C1.I. The molecule has 2 aliphatic heterocycles. The first-order chi connectivity index (χ1) is 14.6. The molecule has 0 aliphatic carbocycles. The second-order valence-corrected chi connectivity index (χ2v) is 8.33. The third-order valence-corrected chi connectivity index (χ3v) is 6.03. The van der Waals surface area contributed by atoms with Gasteiger partial charge < -0.3 is 25.0 Å². The highest BCUT2D eigenvalue weighted by atomic mass is 127. The third kappa shape index (κ3) is 7.39. The number of piperidine rings is 1. The standard InChI is InChI=1S/C23H39N5O2.HI/c1-5-24-23(25-15-18(2)28-13-14-30-17-19(28)3)26-20-9-8-12-27(16-20)21-10-6-7-11-22(21)29-4;/h6-7,10-11,18-20H,5,8-9,12-17H2,1-4H3,(H2,24,25,26);1H. The Morgan fingerprint density at radius 1 is 1.32 bits per heavy atom. The lowest BCUT2D eigenvalue weighted by Gasteiger charge is -2.37. The van der Waals surface area contributed by atoms with Crippen molar-refractivity contribution >= 4 is 35.6 Å². The Morgan fingerprint density at radius 3 is 2.87 bits per heavy atom. The molecule has 3 rings (SSSR count). The first kappa shape index (κ1) is 26.0. The van der Waals surface area contributed by atoms with Gasteiger partial charge in [0.1, 0.15) is 5.75 Å². The van der Waals surface area contributed by atoms with Crippen LogP contribution in [0.25, 0.3) is 0 Å². The Kier molecular flexibility index (Phi) is 11.2. The summed E-state index contributed by atoms with van der Waals surface area (Å²) in [5.74, 6) is 1.85. The van der Waals surface area contributed by atoms with Crippen LogP contribution in [0.5, 0.6) is 5.75 Å². The van der Waals surface area contributed by atoms with Crippen molar-refractivity contribution in [3.8, 4) is 5.75 Å². The van der Waals surface area contributed by atoms with Crippen molar-refractivity contribution < 1.29 is 9.47 Å². The van der Waals surface area contributed by atoms with Gasteiger partial charge >= 0.3 is 0 Å². The molecule has 3 unspecified atom stereocenters. The van der Waals surface area contributed by atoms with E-state index in [9.17, 15) is 0 Å². The lowest BCUT2D eigenvalue weighted by Crippen LogP contribution is -2.52. The predicted molar refractivity (Wildman–Crippen MR) is 139 cm³/mol. The minimum Gasteiger partial charge on any atom is -0.495 e. The summed E-state index contributed by atoms with van der Waals surface area (Å²) in [5, 5.41) is 7.11. The molecule has 0 radical (unpaired) electrons. The largest absolute Gasteiger partial charge is 0.495 e. The molecule has 1 aromatic rings. The number of morpholine rings is 1. The van der Waals surface area contributed by atoms with Gasteiger partial charge in [-0.25, -0.2) is 0 Å². The number of guanidine groups is 1. The van der Waals surface area contributed by atoms with E-state index in [0.29, 0.717) is 18.1 Å². The summed E-state index contributed by atoms with van der Waals surface area (Å²) in [6.45, 7) is 12.9. The zero-order chi connectivity index (χ0) is 21.3.